The summed E-state index contributed by atoms with van der Waals surface area (Å²) in [6.07, 6.45) is 2.28. The van der Waals surface area contributed by atoms with E-state index in [1.54, 1.807) is 0 Å². The van der Waals surface area contributed by atoms with Gasteiger partial charge in [0.15, 0.2) is 0 Å². The zero-order valence-corrected chi connectivity index (χ0v) is 14.3. The van der Waals surface area contributed by atoms with Gasteiger partial charge in [0, 0.05) is 0 Å². The summed E-state index contributed by atoms with van der Waals surface area (Å²) in [5.41, 5.74) is 9.47. The minimum atomic E-state index is 1.11. The van der Waals surface area contributed by atoms with Crippen LogP contribution in [0.2, 0.25) is 0 Å². The second-order valence-electron chi connectivity index (χ2n) is 6.27. The predicted molar refractivity (Wildman–Crippen MR) is 101 cm³/mol. The highest BCUT2D eigenvalue weighted by molar-refractivity contribution is 5.87. The summed E-state index contributed by atoms with van der Waals surface area (Å²) in [5.74, 6) is 0. The SMILES string of the molecule is CCCc1cccc(-c2ccc(C)cc2)c1-c1ccccc1C. The summed E-state index contributed by atoms with van der Waals surface area (Å²) in [5, 5.41) is 0. The molecule has 0 fully saturated rings. The first kappa shape index (κ1) is 15.6. The third-order valence-corrected chi connectivity index (χ3v) is 4.45. The van der Waals surface area contributed by atoms with Gasteiger partial charge in [0.2, 0.25) is 0 Å². The van der Waals surface area contributed by atoms with E-state index < -0.39 is 0 Å². The van der Waals surface area contributed by atoms with Crippen molar-refractivity contribution in [3.8, 4) is 22.3 Å². The van der Waals surface area contributed by atoms with Gasteiger partial charge >= 0.3 is 0 Å². The van der Waals surface area contributed by atoms with Gasteiger partial charge in [-0.15, -0.1) is 0 Å². The Morgan fingerprint density at radius 1 is 0.696 bits per heavy atom. The molecule has 0 saturated carbocycles. The summed E-state index contributed by atoms with van der Waals surface area (Å²) >= 11 is 0. The lowest BCUT2D eigenvalue weighted by atomic mass is 9.87. The predicted octanol–water partition coefficient (Wildman–Crippen LogP) is 6.59. The Labute approximate surface area is 139 Å². The molecule has 3 aromatic carbocycles. The van der Waals surface area contributed by atoms with E-state index in [9.17, 15) is 0 Å². The van der Waals surface area contributed by atoms with Crippen molar-refractivity contribution in [1.82, 2.24) is 0 Å². The van der Waals surface area contributed by atoms with Crippen LogP contribution in [-0.4, -0.2) is 0 Å². The molecule has 23 heavy (non-hydrogen) atoms. The number of hydrogen-bond acceptors (Lipinski definition) is 0. The van der Waals surface area contributed by atoms with Crippen LogP contribution in [0.5, 0.6) is 0 Å². The number of rotatable bonds is 4. The molecule has 0 aliphatic rings. The molecule has 0 saturated heterocycles. The van der Waals surface area contributed by atoms with Crippen LogP contribution < -0.4 is 0 Å². The molecule has 0 aliphatic carbocycles. The van der Waals surface area contributed by atoms with Crippen molar-refractivity contribution in [2.75, 3.05) is 0 Å². The molecule has 3 aromatic rings. The second-order valence-corrected chi connectivity index (χ2v) is 6.27. The van der Waals surface area contributed by atoms with Crippen molar-refractivity contribution in [2.45, 2.75) is 33.6 Å². The maximum absolute atomic E-state index is 2.28. The van der Waals surface area contributed by atoms with Crippen LogP contribution in [0.25, 0.3) is 22.3 Å². The van der Waals surface area contributed by atoms with Crippen molar-refractivity contribution < 1.29 is 0 Å². The van der Waals surface area contributed by atoms with E-state index in [4.69, 9.17) is 0 Å². The lowest BCUT2D eigenvalue weighted by Crippen LogP contribution is -1.95. The monoisotopic (exact) mass is 300 g/mol. The third kappa shape index (κ3) is 3.22. The average molecular weight is 300 g/mol. The van der Waals surface area contributed by atoms with Crippen LogP contribution in [0.1, 0.15) is 30.0 Å². The molecular formula is C23H24. The zero-order valence-electron chi connectivity index (χ0n) is 14.3. The van der Waals surface area contributed by atoms with E-state index >= 15 is 0 Å². The minimum absolute atomic E-state index is 1.11. The van der Waals surface area contributed by atoms with E-state index in [0.717, 1.165) is 12.8 Å². The Balaban J connectivity index is 2.26. The first-order valence-electron chi connectivity index (χ1n) is 8.45. The fourth-order valence-corrected chi connectivity index (χ4v) is 3.22. The van der Waals surface area contributed by atoms with Gasteiger partial charge in [0.05, 0.1) is 0 Å². The summed E-state index contributed by atoms with van der Waals surface area (Å²) in [7, 11) is 0. The molecular weight excluding hydrogens is 276 g/mol. The summed E-state index contributed by atoms with van der Waals surface area (Å²) < 4.78 is 0. The van der Waals surface area contributed by atoms with Crippen LogP contribution in [0, 0.1) is 13.8 Å². The smallest absolute Gasteiger partial charge is 0.00707 e. The standard InChI is InChI=1S/C23H24/c1-4-8-20-10-7-12-22(19-15-13-17(2)14-16-19)23(20)21-11-6-5-9-18(21)3/h5-7,9-16H,4,8H2,1-3H3. The Morgan fingerprint density at radius 3 is 2.09 bits per heavy atom. The lowest BCUT2D eigenvalue weighted by molar-refractivity contribution is 0.924. The average Bonchev–Trinajstić information content (AvgIpc) is 2.57. The van der Waals surface area contributed by atoms with Gasteiger partial charge in [0.1, 0.15) is 0 Å². The molecule has 0 aromatic heterocycles. The largest absolute Gasteiger partial charge is 0.0651 e. The Bertz CT molecular complexity index is 795. The molecule has 0 spiro atoms. The fraction of sp³-hybridized carbons (Fsp3) is 0.217. The van der Waals surface area contributed by atoms with Crippen LogP contribution in [0.4, 0.5) is 0 Å². The molecule has 0 bridgehead atoms. The molecule has 116 valence electrons. The van der Waals surface area contributed by atoms with Gasteiger partial charge < -0.3 is 0 Å². The van der Waals surface area contributed by atoms with Crippen LogP contribution in [0.15, 0.2) is 66.7 Å². The summed E-state index contributed by atoms with van der Waals surface area (Å²) in [4.78, 5) is 0. The van der Waals surface area contributed by atoms with Gasteiger partial charge in [-0.1, -0.05) is 85.6 Å². The normalized spacial score (nSPS) is 10.7. The molecule has 0 amide bonds. The zero-order chi connectivity index (χ0) is 16.2. The van der Waals surface area contributed by atoms with Gasteiger partial charge in [-0.05, 0) is 53.6 Å². The van der Waals surface area contributed by atoms with Crippen LogP contribution >= 0.6 is 0 Å². The minimum Gasteiger partial charge on any atom is -0.0651 e. The second kappa shape index (κ2) is 6.83. The van der Waals surface area contributed by atoms with Gasteiger partial charge in [0.25, 0.3) is 0 Å². The first-order valence-corrected chi connectivity index (χ1v) is 8.45. The van der Waals surface area contributed by atoms with Gasteiger partial charge in [-0.25, -0.2) is 0 Å². The topological polar surface area (TPSA) is 0 Å². The molecule has 0 radical (unpaired) electrons. The van der Waals surface area contributed by atoms with E-state index in [1.165, 1.54) is 38.9 Å². The first-order chi connectivity index (χ1) is 11.2. The molecule has 0 nitrogen and oxygen atoms in total. The number of benzene rings is 3. The molecule has 0 aliphatic heterocycles. The van der Waals surface area contributed by atoms with Crippen molar-refractivity contribution in [2.24, 2.45) is 0 Å². The molecule has 3 rings (SSSR count). The molecule has 0 unspecified atom stereocenters. The van der Waals surface area contributed by atoms with E-state index in [0.29, 0.717) is 0 Å². The van der Waals surface area contributed by atoms with E-state index in [2.05, 4.69) is 87.5 Å². The third-order valence-electron chi connectivity index (χ3n) is 4.45. The van der Waals surface area contributed by atoms with Gasteiger partial charge in [-0.3, -0.25) is 0 Å². The lowest BCUT2D eigenvalue weighted by Gasteiger charge is -2.17. The van der Waals surface area contributed by atoms with Crippen molar-refractivity contribution >= 4 is 0 Å². The van der Waals surface area contributed by atoms with E-state index in [-0.39, 0.29) is 0 Å². The fourth-order valence-electron chi connectivity index (χ4n) is 3.22. The maximum Gasteiger partial charge on any atom is -0.00707 e. The van der Waals surface area contributed by atoms with Crippen LogP contribution in [0.3, 0.4) is 0 Å². The van der Waals surface area contributed by atoms with Crippen molar-refractivity contribution in [3.05, 3.63) is 83.4 Å². The van der Waals surface area contributed by atoms with Crippen LogP contribution in [-0.2, 0) is 6.42 Å². The Hall–Kier alpha value is -2.34. The molecule has 0 heteroatoms. The number of hydrogen-bond donors (Lipinski definition) is 0. The highest BCUT2D eigenvalue weighted by Crippen LogP contribution is 2.37. The molecule has 0 atom stereocenters. The Morgan fingerprint density at radius 2 is 1.39 bits per heavy atom. The summed E-state index contributed by atoms with van der Waals surface area (Å²) in [6, 6.07) is 24.3. The number of aryl methyl sites for hydroxylation is 3. The quantitative estimate of drug-likeness (QED) is 0.510. The summed E-state index contributed by atoms with van der Waals surface area (Å²) in [6.45, 7) is 6.59. The molecule has 0 N–H and O–H groups in total. The van der Waals surface area contributed by atoms with E-state index in [1.807, 2.05) is 0 Å². The maximum atomic E-state index is 2.28. The van der Waals surface area contributed by atoms with Gasteiger partial charge in [-0.2, -0.15) is 0 Å². The highest BCUT2D eigenvalue weighted by Gasteiger charge is 2.13. The highest BCUT2D eigenvalue weighted by atomic mass is 14.2. The Kier molecular flexibility index (Phi) is 4.62. The van der Waals surface area contributed by atoms with Crippen molar-refractivity contribution in [3.63, 3.8) is 0 Å². The van der Waals surface area contributed by atoms with Crippen molar-refractivity contribution in [1.29, 1.82) is 0 Å². The molecule has 0 heterocycles.